The molecule has 3 unspecified atom stereocenters. The largest absolute Gasteiger partial charge is 0.462 e. The first-order chi connectivity index (χ1) is 31.0. The third kappa shape index (κ3) is 44.7. The van der Waals surface area contributed by atoms with Crippen LogP contribution in [-0.4, -0.2) is 46.9 Å². The lowest BCUT2D eigenvalue weighted by molar-refractivity contribution is -0.151. The molecule has 0 aliphatic carbocycles. The molecule has 0 aliphatic rings. The van der Waals surface area contributed by atoms with E-state index in [4.69, 9.17) is 4.74 Å². The molecular weight excluding hydrogens is 779 g/mol. The predicted octanol–water partition coefficient (Wildman–Crippen LogP) is 15.3. The zero-order valence-electron chi connectivity index (χ0n) is 40.4. The van der Waals surface area contributed by atoms with Crippen molar-refractivity contribution in [2.24, 2.45) is 0 Å². The summed E-state index contributed by atoms with van der Waals surface area (Å²) in [6.07, 6.45) is 68.2. The Morgan fingerprint density at radius 2 is 0.937 bits per heavy atom. The van der Waals surface area contributed by atoms with Crippen LogP contribution in [0.2, 0.25) is 0 Å². The van der Waals surface area contributed by atoms with Crippen LogP contribution in [0.4, 0.5) is 0 Å². The van der Waals surface area contributed by atoms with E-state index in [1.807, 2.05) is 60.8 Å². The zero-order chi connectivity index (χ0) is 45.9. The maximum atomic E-state index is 13.2. The summed E-state index contributed by atoms with van der Waals surface area (Å²) in [7, 11) is 0. The fourth-order valence-electron chi connectivity index (χ4n) is 6.86. The highest BCUT2D eigenvalue weighted by molar-refractivity contribution is 5.77. The summed E-state index contributed by atoms with van der Waals surface area (Å²) >= 11 is 0. The van der Waals surface area contributed by atoms with Gasteiger partial charge >= 0.3 is 5.97 Å². The monoisotopic (exact) mass is 872 g/mol. The molecule has 0 aromatic carbocycles. The van der Waals surface area contributed by atoms with Crippen molar-refractivity contribution in [1.82, 2.24) is 5.32 Å². The van der Waals surface area contributed by atoms with E-state index >= 15 is 0 Å². The summed E-state index contributed by atoms with van der Waals surface area (Å²) in [4.78, 5) is 26.1. The first-order valence-corrected chi connectivity index (χ1v) is 25.3. The molecule has 0 radical (unpaired) electrons. The van der Waals surface area contributed by atoms with Crippen molar-refractivity contribution in [3.8, 4) is 0 Å². The summed E-state index contributed by atoms with van der Waals surface area (Å²) in [5.41, 5.74) is 0. The van der Waals surface area contributed by atoms with Crippen LogP contribution in [-0.2, 0) is 14.3 Å². The molecule has 0 fully saturated rings. The van der Waals surface area contributed by atoms with Gasteiger partial charge in [0.1, 0.15) is 6.10 Å². The second kappa shape index (κ2) is 49.3. The molecule has 0 aliphatic heterocycles. The number of rotatable bonds is 43. The van der Waals surface area contributed by atoms with E-state index in [1.54, 1.807) is 0 Å². The number of esters is 1. The first kappa shape index (κ1) is 59.3. The Morgan fingerprint density at radius 3 is 1.49 bits per heavy atom. The highest BCUT2D eigenvalue weighted by Gasteiger charge is 2.24. The number of allylic oxidation sites excluding steroid dienone is 20. The lowest BCUT2D eigenvalue weighted by Gasteiger charge is -2.24. The lowest BCUT2D eigenvalue weighted by atomic mass is 10.0. The van der Waals surface area contributed by atoms with Crippen LogP contribution in [0.3, 0.4) is 0 Å². The van der Waals surface area contributed by atoms with Gasteiger partial charge in [0, 0.05) is 6.42 Å². The number of hydrogen-bond donors (Lipinski definition) is 3. The van der Waals surface area contributed by atoms with Crippen LogP contribution in [0.15, 0.2) is 122 Å². The molecule has 356 valence electrons. The summed E-state index contributed by atoms with van der Waals surface area (Å²) in [6, 6.07) is -0.736. The zero-order valence-corrected chi connectivity index (χ0v) is 40.4. The third-order valence-corrected chi connectivity index (χ3v) is 10.7. The van der Waals surface area contributed by atoms with Gasteiger partial charge in [0.05, 0.1) is 25.2 Å². The summed E-state index contributed by atoms with van der Waals surface area (Å²) < 4.78 is 5.88. The molecule has 0 heterocycles. The molecule has 0 aromatic heterocycles. The number of carbonyl (C=O) groups excluding carboxylic acids is 2. The van der Waals surface area contributed by atoms with Gasteiger partial charge in [-0.15, -0.1) is 0 Å². The van der Waals surface area contributed by atoms with Crippen molar-refractivity contribution in [2.75, 3.05) is 6.61 Å². The van der Waals surface area contributed by atoms with Crippen molar-refractivity contribution < 1.29 is 24.5 Å². The normalized spacial score (nSPS) is 14.3. The van der Waals surface area contributed by atoms with E-state index < -0.39 is 18.2 Å². The number of aliphatic hydroxyl groups is 2. The SMILES string of the molecule is CC\C=C/C=C/C=C/C=C\C=C\C=C\CCCCCC(=O)OC(CCC/C=C\C/C=C\C/C=C\C/C=C\CCCCC)CC(=O)NC(CO)C(O)CCCCCCCCCCCC. The maximum absolute atomic E-state index is 13.2. The van der Waals surface area contributed by atoms with Gasteiger partial charge in [0.15, 0.2) is 0 Å². The number of carbonyl (C=O) groups is 2. The Bertz CT molecular complexity index is 1350. The Labute approximate surface area is 387 Å². The van der Waals surface area contributed by atoms with E-state index in [1.165, 1.54) is 70.6 Å². The van der Waals surface area contributed by atoms with Gasteiger partial charge in [-0.25, -0.2) is 0 Å². The number of aliphatic hydroxyl groups excluding tert-OH is 2. The van der Waals surface area contributed by atoms with Crippen molar-refractivity contribution in [1.29, 1.82) is 0 Å². The Morgan fingerprint density at radius 1 is 0.492 bits per heavy atom. The standard InChI is InChI=1S/C57H93NO5/c1-4-7-10-13-16-19-22-24-26-28-30-32-34-36-39-42-45-48-53(51-56(61)58-54(52-59)55(60)49-46-43-40-37-21-18-15-12-9-6-3)63-57(62)50-47-44-41-38-35-33-31-29-27-25-23-20-17-14-11-8-5-2/h8,11,14,16-17,19-20,23-27,29-33,35-36,39,53-55,59-60H,4-7,9-10,12-13,15,18,21-22,28,34,37-38,40-52H2,1-3H3,(H,58,61)/b11-8-,17-14+,19-16-,23-20+,26-24-,27-25-,31-29+,32-30-,35-33+,39-36-. The number of amides is 1. The molecule has 1 amide bonds. The first-order valence-electron chi connectivity index (χ1n) is 25.3. The fourth-order valence-corrected chi connectivity index (χ4v) is 6.86. The Hall–Kier alpha value is -3.74. The average Bonchev–Trinajstić information content (AvgIpc) is 3.28. The number of unbranched alkanes of at least 4 members (excludes halogenated alkanes) is 16. The second-order valence-corrected chi connectivity index (χ2v) is 16.6. The molecule has 3 N–H and O–H groups in total. The molecule has 0 aromatic rings. The second-order valence-electron chi connectivity index (χ2n) is 16.6. The van der Waals surface area contributed by atoms with Crippen molar-refractivity contribution in [3.63, 3.8) is 0 Å². The molecule has 3 atom stereocenters. The van der Waals surface area contributed by atoms with Crippen LogP contribution in [0.5, 0.6) is 0 Å². The van der Waals surface area contributed by atoms with Crippen molar-refractivity contribution in [2.45, 2.75) is 219 Å². The summed E-state index contributed by atoms with van der Waals surface area (Å²) in [5, 5.41) is 23.7. The smallest absolute Gasteiger partial charge is 0.306 e. The van der Waals surface area contributed by atoms with Crippen LogP contribution in [0.1, 0.15) is 201 Å². The van der Waals surface area contributed by atoms with Crippen LogP contribution in [0.25, 0.3) is 0 Å². The van der Waals surface area contributed by atoms with Gasteiger partial charge in [-0.2, -0.15) is 0 Å². The molecule has 0 rings (SSSR count). The molecule has 0 saturated carbocycles. The fraction of sp³-hybridized carbons (Fsp3) is 0.614. The molecule has 0 spiro atoms. The van der Waals surface area contributed by atoms with Gasteiger partial charge in [0.2, 0.25) is 5.91 Å². The third-order valence-electron chi connectivity index (χ3n) is 10.7. The topological polar surface area (TPSA) is 95.9 Å². The molecule has 63 heavy (non-hydrogen) atoms. The lowest BCUT2D eigenvalue weighted by Crippen LogP contribution is -2.46. The Kier molecular flexibility index (Phi) is 46.4. The van der Waals surface area contributed by atoms with Crippen molar-refractivity contribution in [3.05, 3.63) is 122 Å². The van der Waals surface area contributed by atoms with E-state index in [0.717, 1.165) is 83.5 Å². The Balaban J connectivity index is 4.83. The van der Waals surface area contributed by atoms with Crippen molar-refractivity contribution >= 4 is 11.9 Å². The molecule has 6 nitrogen and oxygen atoms in total. The van der Waals surface area contributed by atoms with E-state index in [9.17, 15) is 19.8 Å². The number of ether oxygens (including phenoxy) is 1. The van der Waals surface area contributed by atoms with Gasteiger partial charge in [-0.3, -0.25) is 9.59 Å². The van der Waals surface area contributed by atoms with Gasteiger partial charge in [0.25, 0.3) is 0 Å². The van der Waals surface area contributed by atoms with Crippen LogP contribution >= 0.6 is 0 Å². The van der Waals surface area contributed by atoms with Gasteiger partial charge in [-0.1, -0.05) is 226 Å². The maximum Gasteiger partial charge on any atom is 0.306 e. The van der Waals surface area contributed by atoms with Crippen LogP contribution in [0, 0.1) is 0 Å². The van der Waals surface area contributed by atoms with Gasteiger partial charge in [-0.05, 0) is 83.5 Å². The quantitative estimate of drug-likeness (QED) is 0.0245. The molecular formula is C57H93NO5. The number of hydrogen-bond acceptors (Lipinski definition) is 5. The molecule has 6 heteroatoms. The molecule has 0 saturated heterocycles. The number of nitrogens with one attached hydrogen (secondary N) is 1. The van der Waals surface area contributed by atoms with E-state index in [0.29, 0.717) is 19.3 Å². The minimum absolute atomic E-state index is 0.0132. The van der Waals surface area contributed by atoms with E-state index in [-0.39, 0.29) is 24.9 Å². The summed E-state index contributed by atoms with van der Waals surface area (Å²) in [5.74, 6) is -0.593. The average molecular weight is 872 g/mol. The summed E-state index contributed by atoms with van der Waals surface area (Å²) in [6.45, 7) is 6.25. The predicted molar refractivity (Wildman–Crippen MR) is 273 cm³/mol. The van der Waals surface area contributed by atoms with Crippen LogP contribution < -0.4 is 5.32 Å². The van der Waals surface area contributed by atoms with E-state index in [2.05, 4.69) is 86.8 Å². The molecule has 0 bridgehead atoms. The minimum atomic E-state index is -0.817. The van der Waals surface area contributed by atoms with Gasteiger partial charge < -0.3 is 20.3 Å². The highest BCUT2D eigenvalue weighted by Crippen LogP contribution is 2.16. The highest BCUT2D eigenvalue weighted by atomic mass is 16.5. The minimum Gasteiger partial charge on any atom is -0.462 e.